The average Bonchev–Trinajstić information content (AvgIpc) is 2.20. The van der Waals surface area contributed by atoms with Gasteiger partial charge in [-0.25, -0.2) is 0 Å². The monoisotopic (exact) mass is 275 g/mol. The van der Waals surface area contributed by atoms with Gasteiger partial charge < -0.3 is 16.8 Å². The molecule has 0 saturated carbocycles. The first-order valence-corrected chi connectivity index (χ1v) is 6.03. The topological polar surface area (TPSA) is 81.1 Å². The molecule has 0 radical (unpaired) electrons. The highest BCUT2D eigenvalue weighted by Crippen LogP contribution is 2.32. The maximum atomic E-state index is 10.5. The molecule has 4 nitrogen and oxygen atoms in total. The van der Waals surface area contributed by atoms with Crippen molar-refractivity contribution in [3.05, 3.63) is 22.2 Å². The van der Waals surface area contributed by atoms with E-state index in [4.69, 9.17) is 34.7 Å². The number of nitrogens with two attached hydrogens (primary N) is 2. The van der Waals surface area contributed by atoms with E-state index in [1.54, 1.807) is 12.1 Å². The van der Waals surface area contributed by atoms with Gasteiger partial charge in [-0.3, -0.25) is 4.79 Å². The Bertz CT molecular complexity index is 387. The predicted molar refractivity (Wildman–Crippen MR) is 72.4 cm³/mol. The Kier molecular flexibility index (Phi) is 5.38. The fraction of sp³-hybridized carbons (Fsp3) is 0.364. The van der Waals surface area contributed by atoms with Crippen molar-refractivity contribution in [3.63, 3.8) is 0 Å². The van der Waals surface area contributed by atoms with Crippen LogP contribution >= 0.6 is 23.2 Å². The number of halogens is 2. The summed E-state index contributed by atoms with van der Waals surface area (Å²) in [5.74, 6) is -0.284. The molecule has 0 spiro atoms. The van der Waals surface area contributed by atoms with E-state index in [1.807, 2.05) is 0 Å². The third-order valence-corrected chi connectivity index (χ3v) is 2.81. The highest BCUT2D eigenvalue weighted by molar-refractivity contribution is 6.39. The molecule has 0 heterocycles. The summed E-state index contributed by atoms with van der Waals surface area (Å²) in [5.41, 5.74) is 11.8. The lowest BCUT2D eigenvalue weighted by Gasteiger charge is -2.10. The number of nitrogens with one attached hydrogen (secondary N) is 1. The van der Waals surface area contributed by atoms with Crippen molar-refractivity contribution >= 4 is 40.5 Å². The van der Waals surface area contributed by atoms with Crippen LogP contribution < -0.4 is 16.8 Å². The first kappa shape index (κ1) is 13.9. The van der Waals surface area contributed by atoms with Crippen LogP contribution in [0.15, 0.2) is 12.1 Å². The van der Waals surface area contributed by atoms with Gasteiger partial charge in [-0.05, 0) is 25.0 Å². The molecule has 0 aliphatic heterocycles. The molecule has 0 fully saturated rings. The first-order chi connectivity index (χ1) is 8.00. The molecular weight excluding hydrogens is 261 g/mol. The molecule has 0 aliphatic rings. The van der Waals surface area contributed by atoms with Crippen molar-refractivity contribution in [1.82, 2.24) is 0 Å². The van der Waals surface area contributed by atoms with Crippen molar-refractivity contribution in [2.24, 2.45) is 5.73 Å². The van der Waals surface area contributed by atoms with Crippen molar-refractivity contribution in [2.45, 2.75) is 19.3 Å². The molecule has 0 aromatic heterocycles. The minimum absolute atomic E-state index is 0.284. The van der Waals surface area contributed by atoms with Gasteiger partial charge in [-0.15, -0.1) is 0 Å². The molecule has 17 heavy (non-hydrogen) atoms. The Balaban J connectivity index is 2.44. The predicted octanol–water partition coefficient (Wildman–Crippen LogP) is 2.64. The van der Waals surface area contributed by atoms with Gasteiger partial charge in [-0.1, -0.05) is 23.2 Å². The van der Waals surface area contributed by atoms with Crippen molar-refractivity contribution in [3.8, 4) is 0 Å². The van der Waals surface area contributed by atoms with Gasteiger partial charge >= 0.3 is 0 Å². The fourth-order valence-electron chi connectivity index (χ4n) is 1.40. The van der Waals surface area contributed by atoms with Crippen LogP contribution in [0.5, 0.6) is 0 Å². The van der Waals surface area contributed by atoms with E-state index in [0.29, 0.717) is 34.4 Å². The van der Waals surface area contributed by atoms with Crippen LogP contribution in [0.4, 0.5) is 11.4 Å². The normalized spacial score (nSPS) is 10.2. The molecule has 94 valence electrons. The van der Waals surface area contributed by atoms with E-state index in [9.17, 15) is 4.79 Å². The maximum absolute atomic E-state index is 10.5. The van der Waals surface area contributed by atoms with Gasteiger partial charge in [-0.2, -0.15) is 0 Å². The zero-order chi connectivity index (χ0) is 12.8. The minimum atomic E-state index is -0.284. The second kappa shape index (κ2) is 6.57. The number of rotatable bonds is 6. The van der Waals surface area contributed by atoms with Crippen LogP contribution in [0.25, 0.3) is 0 Å². The van der Waals surface area contributed by atoms with Crippen LogP contribution in [0.1, 0.15) is 19.3 Å². The van der Waals surface area contributed by atoms with Gasteiger partial charge in [0.1, 0.15) is 0 Å². The Morgan fingerprint density at radius 1 is 1.24 bits per heavy atom. The second-order valence-corrected chi connectivity index (χ2v) is 4.52. The number of nitrogen functional groups attached to an aromatic ring is 1. The van der Waals surface area contributed by atoms with Crippen LogP contribution in [0.2, 0.25) is 10.0 Å². The number of primary amides is 1. The second-order valence-electron chi connectivity index (χ2n) is 3.71. The molecule has 0 saturated heterocycles. The third-order valence-electron chi connectivity index (χ3n) is 2.22. The lowest BCUT2D eigenvalue weighted by atomic mass is 10.2. The Hall–Kier alpha value is -1.13. The van der Waals surface area contributed by atoms with Crippen molar-refractivity contribution in [1.29, 1.82) is 0 Å². The average molecular weight is 276 g/mol. The molecule has 6 heteroatoms. The molecule has 0 atom stereocenters. The molecule has 1 amide bonds. The summed E-state index contributed by atoms with van der Waals surface area (Å²) < 4.78 is 0. The third kappa shape index (κ3) is 4.71. The van der Waals surface area contributed by atoms with E-state index >= 15 is 0 Å². The van der Waals surface area contributed by atoms with E-state index in [-0.39, 0.29) is 5.91 Å². The number of unbranched alkanes of at least 4 members (excludes halogenated alkanes) is 1. The summed E-state index contributed by atoms with van der Waals surface area (Å²) in [6, 6.07) is 3.28. The van der Waals surface area contributed by atoms with E-state index < -0.39 is 0 Å². The molecule has 0 unspecified atom stereocenters. The highest BCUT2D eigenvalue weighted by Gasteiger charge is 2.06. The highest BCUT2D eigenvalue weighted by atomic mass is 35.5. The molecule has 0 aliphatic carbocycles. The van der Waals surface area contributed by atoms with E-state index in [2.05, 4.69) is 5.32 Å². The van der Waals surface area contributed by atoms with Gasteiger partial charge in [0.25, 0.3) is 0 Å². The quantitative estimate of drug-likeness (QED) is 0.552. The van der Waals surface area contributed by atoms with Gasteiger partial charge in [0.15, 0.2) is 0 Å². The molecule has 0 bridgehead atoms. The van der Waals surface area contributed by atoms with Gasteiger partial charge in [0.05, 0.1) is 15.7 Å². The minimum Gasteiger partial charge on any atom is -0.399 e. The van der Waals surface area contributed by atoms with Crippen molar-refractivity contribution in [2.75, 3.05) is 17.6 Å². The summed E-state index contributed by atoms with van der Waals surface area (Å²) in [4.78, 5) is 10.5. The summed E-state index contributed by atoms with van der Waals surface area (Å²) in [6.07, 6.45) is 1.96. The van der Waals surface area contributed by atoms with Gasteiger partial charge in [0, 0.05) is 18.7 Å². The lowest BCUT2D eigenvalue weighted by molar-refractivity contribution is -0.118. The van der Waals surface area contributed by atoms with Crippen LogP contribution in [-0.4, -0.2) is 12.5 Å². The number of hydrogen-bond acceptors (Lipinski definition) is 3. The maximum Gasteiger partial charge on any atom is 0.217 e. The SMILES string of the molecule is NC(=O)CCCCNc1c(Cl)cc(N)cc1Cl. The van der Waals surface area contributed by atoms with E-state index in [1.165, 1.54) is 0 Å². The summed E-state index contributed by atoms with van der Waals surface area (Å²) >= 11 is 12.0. The largest absolute Gasteiger partial charge is 0.399 e. The molecule has 1 aromatic carbocycles. The zero-order valence-corrected chi connectivity index (χ0v) is 10.8. The Labute approximate surface area is 110 Å². The number of amides is 1. The van der Waals surface area contributed by atoms with E-state index in [0.717, 1.165) is 12.8 Å². The number of anilines is 2. The molecular formula is C11H15Cl2N3O. The zero-order valence-electron chi connectivity index (χ0n) is 9.30. The summed E-state index contributed by atoms with van der Waals surface area (Å²) in [6.45, 7) is 0.677. The molecule has 5 N–H and O–H groups in total. The summed E-state index contributed by atoms with van der Waals surface area (Å²) in [7, 11) is 0. The number of hydrogen-bond donors (Lipinski definition) is 3. The Morgan fingerprint density at radius 3 is 2.35 bits per heavy atom. The summed E-state index contributed by atoms with van der Waals surface area (Å²) in [5, 5.41) is 4.09. The van der Waals surface area contributed by atoms with Crippen molar-refractivity contribution < 1.29 is 4.79 Å². The number of carbonyl (C=O) groups excluding carboxylic acids is 1. The fourth-order valence-corrected chi connectivity index (χ4v) is 2.04. The smallest absolute Gasteiger partial charge is 0.217 e. The molecule has 1 rings (SSSR count). The van der Waals surface area contributed by atoms with Crippen LogP contribution in [-0.2, 0) is 4.79 Å². The number of benzene rings is 1. The molecule has 1 aromatic rings. The standard InChI is InChI=1S/C11H15Cl2N3O/c12-8-5-7(14)6-9(13)11(8)16-4-2-1-3-10(15)17/h5-6,16H,1-4,14H2,(H2,15,17). The Morgan fingerprint density at radius 2 is 1.82 bits per heavy atom. The first-order valence-electron chi connectivity index (χ1n) is 5.27. The van der Waals surface area contributed by atoms with Gasteiger partial charge in [0.2, 0.25) is 5.91 Å². The number of carbonyl (C=O) groups is 1. The lowest BCUT2D eigenvalue weighted by Crippen LogP contribution is -2.11. The van der Waals surface area contributed by atoms with Crippen LogP contribution in [0, 0.1) is 0 Å². The van der Waals surface area contributed by atoms with Crippen LogP contribution in [0.3, 0.4) is 0 Å².